The van der Waals surface area contributed by atoms with Crippen LogP contribution < -0.4 is 20.8 Å². The van der Waals surface area contributed by atoms with Gasteiger partial charge in [-0.25, -0.2) is 9.97 Å². The summed E-state index contributed by atoms with van der Waals surface area (Å²) >= 11 is 0. The van der Waals surface area contributed by atoms with E-state index in [9.17, 15) is 0 Å². The number of nitrogens with zero attached hydrogens (tertiary/aromatic N) is 3. The zero-order chi connectivity index (χ0) is 41.3. The summed E-state index contributed by atoms with van der Waals surface area (Å²) in [7, 11) is -3.20. The smallest absolute Gasteiger partial charge is 0.171 e. The summed E-state index contributed by atoms with van der Waals surface area (Å²) in [4.78, 5) is 13.8. The van der Waals surface area contributed by atoms with E-state index in [1.54, 1.807) is 0 Å². The Labute approximate surface area is 360 Å². The van der Waals surface area contributed by atoms with Crippen LogP contribution in [0.4, 0.5) is 17.1 Å². The molecule has 0 fully saturated rings. The lowest BCUT2D eigenvalue weighted by molar-refractivity contribution is 0.592. The zero-order valence-corrected chi connectivity index (χ0v) is 34.5. The third-order valence-electron chi connectivity index (χ3n) is 12.8. The van der Waals surface area contributed by atoms with Gasteiger partial charge in [0.1, 0.15) is 0 Å². The van der Waals surface area contributed by atoms with Crippen molar-refractivity contribution >= 4 is 50.9 Å². The molecule has 12 rings (SSSR count). The van der Waals surface area contributed by atoms with E-state index in [1.165, 1.54) is 5.56 Å². The summed E-state index contributed by atoms with van der Waals surface area (Å²) in [6.45, 7) is 0. The highest BCUT2D eigenvalue weighted by molar-refractivity contribution is 7.85. The van der Waals surface area contributed by atoms with Crippen LogP contribution in [0.3, 0.4) is 0 Å². The highest BCUT2D eigenvalue weighted by atomic mass is 31.2. The molecule has 9 aromatic carbocycles. The first-order valence-electron chi connectivity index (χ1n) is 21.0. The number of rotatable bonds is 6. The maximum Gasteiger partial charge on any atom is 0.171 e. The van der Waals surface area contributed by atoms with Gasteiger partial charge in [0.05, 0.1) is 28.2 Å². The molecule has 2 heterocycles. The van der Waals surface area contributed by atoms with Crippen molar-refractivity contribution in [3.05, 3.63) is 253 Å². The van der Waals surface area contributed by atoms with Crippen LogP contribution in [0.25, 0.3) is 44.5 Å². The molecule has 1 aromatic heterocycles. The fourth-order valence-corrected chi connectivity index (χ4v) is 12.7. The number of fused-ring (bicyclic) bond motifs is 10. The van der Waals surface area contributed by atoms with E-state index in [-0.39, 0.29) is 0 Å². The standard InChI is InChI=1S/C57H38N3OP/c61-62(42-23-6-2-7-24-42,43-25-8-3-9-26-43)44-37-35-40(36-38-44)56-58-54(46-29-18-20-39-19-10-11-27-45(39)46)53-47-28-12-13-30-48(47)57(55(53)59-56)49-31-14-16-33-51(49)60(41-21-4-1-5-22-41)52-34-17-15-32-50(52)57/h1-38H. The second kappa shape index (κ2) is 14.2. The predicted molar refractivity (Wildman–Crippen MR) is 255 cm³/mol. The van der Waals surface area contributed by atoms with E-state index in [4.69, 9.17) is 9.97 Å². The fourth-order valence-electron chi connectivity index (χ4n) is 10.1. The molecule has 0 saturated carbocycles. The largest absolute Gasteiger partial charge is 0.310 e. The molecule has 1 aliphatic heterocycles. The van der Waals surface area contributed by atoms with Crippen LogP contribution >= 0.6 is 7.14 Å². The highest BCUT2D eigenvalue weighted by Gasteiger charge is 2.54. The lowest BCUT2D eigenvalue weighted by atomic mass is 9.66. The Hall–Kier alpha value is -7.65. The number of hydrogen-bond acceptors (Lipinski definition) is 4. The molecule has 0 amide bonds. The molecule has 4 nitrogen and oxygen atoms in total. The summed E-state index contributed by atoms with van der Waals surface area (Å²) in [5, 5.41) is 4.62. The second-order valence-corrected chi connectivity index (χ2v) is 18.7. The summed E-state index contributed by atoms with van der Waals surface area (Å²) in [5.41, 5.74) is 11.9. The molecule has 10 aromatic rings. The maximum atomic E-state index is 15.4. The van der Waals surface area contributed by atoms with Gasteiger partial charge in [0.2, 0.25) is 0 Å². The highest BCUT2D eigenvalue weighted by Crippen LogP contribution is 2.64. The average Bonchev–Trinajstić information content (AvgIpc) is 3.65. The molecule has 1 aliphatic carbocycles. The van der Waals surface area contributed by atoms with Crippen molar-refractivity contribution in [2.75, 3.05) is 4.90 Å². The van der Waals surface area contributed by atoms with Gasteiger partial charge in [-0.05, 0) is 57.3 Å². The lowest BCUT2D eigenvalue weighted by Gasteiger charge is -2.44. The first-order chi connectivity index (χ1) is 30.7. The van der Waals surface area contributed by atoms with Crippen molar-refractivity contribution in [3.8, 4) is 33.8 Å². The van der Waals surface area contributed by atoms with Gasteiger partial charge in [0.15, 0.2) is 13.0 Å². The number of para-hydroxylation sites is 3. The summed E-state index contributed by atoms with van der Waals surface area (Å²) in [5.74, 6) is 0.611. The van der Waals surface area contributed by atoms with Crippen LogP contribution in [0, 0.1) is 0 Å². The molecule has 292 valence electrons. The molecule has 0 bridgehead atoms. The SMILES string of the molecule is O=P(c1ccccc1)(c1ccccc1)c1ccc(-c2nc(-c3cccc4ccccc34)c3c(n2)C2(c4ccccc4-3)c3ccccc3N(c3ccccc3)c3ccccc32)cc1. The Morgan fingerprint density at radius 2 is 0.919 bits per heavy atom. The molecular formula is C57H38N3OP. The average molecular weight is 812 g/mol. The number of anilines is 3. The Morgan fingerprint density at radius 1 is 0.419 bits per heavy atom. The molecule has 0 atom stereocenters. The Morgan fingerprint density at radius 3 is 1.58 bits per heavy atom. The predicted octanol–water partition coefficient (Wildman–Crippen LogP) is 12.7. The van der Waals surface area contributed by atoms with Gasteiger partial charge in [-0.1, -0.05) is 206 Å². The van der Waals surface area contributed by atoms with Crippen molar-refractivity contribution in [2.45, 2.75) is 5.41 Å². The van der Waals surface area contributed by atoms with Crippen LogP contribution in [0.15, 0.2) is 231 Å². The third-order valence-corrected chi connectivity index (χ3v) is 15.8. The minimum Gasteiger partial charge on any atom is -0.310 e. The van der Waals surface area contributed by atoms with Gasteiger partial charge in [-0.2, -0.15) is 0 Å². The number of benzene rings is 9. The molecule has 1 spiro atoms. The van der Waals surface area contributed by atoms with E-state index in [0.29, 0.717) is 5.82 Å². The van der Waals surface area contributed by atoms with Gasteiger partial charge < -0.3 is 9.46 Å². The molecule has 5 heteroatoms. The maximum absolute atomic E-state index is 15.4. The van der Waals surface area contributed by atoms with Crippen LogP contribution in [0.2, 0.25) is 0 Å². The van der Waals surface area contributed by atoms with Crippen molar-refractivity contribution < 1.29 is 4.57 Å². The van der Waals surface area contributed by atoms with Crippen LogP contribution in [0.5, 0.6) is 0 Å². The molecule has 0 N–H and O–H groups in total. The fraction of sp³-hybridized carbons (Fsp3) is 0.0175. The van der Waals surface area contributed by atoms with Gasteiger partial charge in [-0.15, -0.1) is 0 Å². The lowest BCUT2D eigenvalue weighted by Crippen LogP contribution is -2.37. The molecule has 2 aliphatic rings. The van der Waals surface area contributed by atoms with Crippen LogP contribution in [0.1, 0.15) is 22.4 Å². The van der Waals surface area contributed by atoms with Gasteiger partial charge in [-0.3, -0.25) is 0 Å². The Kier molecular flexibility index (Phi) is 8.32. The van der Waals surface area contributed by atoms with Gasteiger partial charge >= 0.3 is 0 Å². The molecular weight excluding hydrogens is 774 g/mol. The summed E-state index contributed by atoms with van der Waals surface area (Å²) < 4.78 is 15.4. The summed E-state index contributed by atoms with van der Waals surface area (Å²) in [6.07, 6.45) is 0. The van der Waals surface area contributed by atoms with Crippen molar-refractivity contribution in [1.29, 1.82) is 0 Å². The normalized spacial score (nSPS) is 13.3. The van der Waals surface area contributed by atoms with Gasteiger partial charge in [0, 0.05) is 38.3 Å². The summed E-state index contributed by atoms with van der Waals surface area (Å²) in [6, 6.07) is 79.9. The second-order valence-electron chi connectivity index (χ2n) is 16.0. The minimum absolute atomic E-state index is 0.611. The number of aromatic nitrogens is 2. The van der Waals surface area contributed by atoms with Crippen LogP contribution in [-0.2, 0) is 9.98 Å². The topological polar surface area (TPSA) is 46.1 Å². The molecule has 0 saturated heterocycles. The molecule has 62 heavy (non-hydrogen) atoms. The molecule has 0 radical (unpaired) electrons. The third kappa shape index (κ3) is 5.24. The van der Waals surface area contributed by atoms with E-state index in [0.717, 1.165) is 88.5 Å². The van der Waals surface area contributed by atoms with Gasteiger partial charge in [0.25, 0.3) is 0 Å². The van der Waals surface area contributed by atoms with E-state index < -0.39 is 12.6 Å². The first-order valence-corrected chi connectivity index (χ1v) is 22.7. The first kappa shape index (κ1) is 36.2. The van der Waals surface area contributed by atoms with E-state index >= 15 is 4.57 Å². The Balaban J connectivity index is 1.16. The van der Waals surface area contributed by atoms with E-state index in [1.807, 2.05) is 72.8 Å². The van der Waals surface area contributed by atoms with Crippen molar-refractivity contribution in [1.82, 2.24) is 9.97 Å². The van der Waals surface area contributed by atoms with Crippen LogP contribution in [-0.4, -0.2) is 9.97 Å². The van der Waals surface area contributed by atoms with Crippen molar-refractivity contribution in [2.24, 2.45) is 0 Å². The minimum atomic E-state index is -3.20. The van der Waals surface area contributed by atoms with Crippen molar-refractivity contribution in [3.63, 3.8) is 0 Å². The van der Waals surface area contributed by atoms with E-state index in [2.05, 4.69) is 163 Å². The Bertz CT molecular complexity index is 3290. The number of hydrogen-bond donors (Lipinski definition) is 0. The zero-order valence-electron chi connectivity index (χ0n) is 33.6. The quantitative estimate of drug-likeness (QED) is 0.157. The monoisotopic (exact) mass is 811 g/mol. The molecule has 0 unspecified atom stereocenters.